The van der Waals surface area contributed by atoms with Gasteiger partial charge in [0, 0.05) is 44.4 Å². The van der Waals surface area contributed by atoms with Crippen molar-refractivity contribution in [3.63, 3.8) is 0 Å². The van der Waals surface area contributed by atoms with Crippen molar-refractivity contribution in [3.05, 3.63) is 22.6 Å². The van der Waals surface area contributed by atoms with Crippen LogP contribution in [0.4, 0.5) is 18.0 Å². The van der Waals surface area contributed by atoms with Crippen LogP contribution in [-0.4, -0.2) is 66.4 Å². The van der Waals surface area contributed by atoms with Gasteiger partial charge in [-0.2, -0.15) is 13.2 Å². The highest BCUT2D eigenvalue weighted by Gasteiger charge is 2.36. The molecule has 0 bridgehead atoms. The van der Waals surface area contributed by atoms with Gasteiger partial charge in [0.2, 0.25) is 5.88 Å². The SMILES string of the molecule is CNC(=O)c1csc2c(C(F)(F)F)cc(OC3CCN(C(=O)OCCO)CC3)nc12. The van der Waals surface area contributed by atoms with Gasteiger partial charge in [-0.3, -0.25) is 4.79 Å². The lowest BCUT2D eigenvalue weighted by Crippen LogP contribution is -2.42. The summed E-state index contributed by atoms with van der Waals surface area (Å²) >= 11 is 0.801. The molecule has 12 heteroatoms. The van der Waals surface area contributed by atoms with Crippen molar-refractivity contribution in [2.45, 2.75) is 25.1 Å². The lowest BCUT2D eigenvalue weighted by atomic mass is 10.1. The van der Waals surface area contributed by atoms with Crippen molar-refractivity contribution in [1.29, 1.82) is 0 Å². The fraction of sp³-hybridized carbons (Fsp3) is 0.500. The molecule has 1 aliphatic heterocycles. The van der Waals surface area contributed by atoms with Gasteiger partial charge in [0.25, 0.3) is 5.91 Å². The number of thiophene rings is 1. The second-order valence-electron chi connectivity index (χ2n) is 6.55. The molecule has 2 N–H and O–H groups in total. The molecule has 0 aliphatic carbocycles. The molecule has 1 fully saturated rings. The molecule has 3 heterocycles. The summed E-state index contributed by atoms with van der Waals surface area (Å²) in [5.41, 5.74) is -0.920. The van der Waals surface area contributed by atoms with E-state index < -0.39 is 29.8 Å². The van der Waals surface area contributed by atoms with Crippen LogP contribution in [0.5, 0.6) is 5.88 Å². The first-order valence-corrected chi connectivity index (χ1v) is 10.0. The topological polar surface area (TPSA) is 101 Å². The predicted octanol–water partition coefficient (Wildman–Crippen LogP) is 2.65. The summed E-state index contributed by atoms with van der Waals surface area (Å²) in [6, 6.07) is 0.842. The first kappa shape index (κ1) is 22.1. The van der Waals surface area contributed by atoms with Crippen molar-refractivity contribution in [1.82, 2.24) is 15.2 Å². The number of halogens is 3. The van der Waals surface area contributed by atoms with E-state index in [9.17, 15) is 22.8 Å². The highest BCUT2D eigenvalue weighted by atomic mass is 32.1. The number of aliphatic hydroxyl groups excluding tert-OH is 1. The number of rotatable bonds is 5. The molecule has 1 saturated heterocycles. The Bertz CT molecular complexity index is 926. The zero-order valence-corrected chi connectivity index (χ0v) is 16.8. The third-order valence-electron chi connectivity index (χ3n) is 4.58. The Labute approximate surface area is 173 Å². The molecule has 0 radical (unpaired) electrons. The second-order valence-corrected chi connectivity index (χ2v) is 7.43. The Morgan fingerprint density at radius 2 is 2.07 bits per heavy atom. The third kappa shape index (κ3) is 4.75. The minimum atomic E-state index is -4.63. The van der Waals surface area contributed by atoms with Gasteiger partial charge in [0.1, 0.15) is 12.7 Å². The van der Waals surface area contributed by atoms with Gasteiger partial charge in [-0.1, -0.05) is 0 Å². The summed E-state index contributed by atoms with van der Waals surface area (Å²) in [4.78, 5) is 29.4. The molecule has 1 aliphatic rings. The van der Waals surface area contributed by atoms with Crippen LogP contribution < -0.4 is 10.1 Å². The van der Waals surface area contributed by atoms with Gasteiger partial charge in [-0.25, -0.2) is 9.78 Å². The largest absolute Gasteiger partial charge is 0.474 e. The van der Waals surface area contributed by atoms with Gasteiger partial charge >= 0.3 is 12.3 Å². The van der Waals surface area contributed by atoms with E-state index in [1.54, 1.807) is 0 Å². The van der Waals surface area contributed by atoms with Crippen LogP contribution in [0.25, 0.3) is 10.2 Å². The van der Waals surface area contributed by atoms with Crippen LogP contribution in [0.1, 0.15) is 28.8 Å². The van der Waals surface area contributed by atoms with E-state index in [1.807, 2.05) is 0 Å². The molecule has 2 aromatic heterocycles. The number of amides is 2. The van der Waals surface area contributed by atoms with Gasteiger partial charge in [0.05, 0.1) is 28.0 Å². The molecular weight excluding hydrogens is 427 g/mol. The molecule has 0 atom stereocenters. The number of hydrogen-bond acceptors (Lipinski definition) is 7. The maximum Gasteiger partial charge on any atom is 0.418 e. The molecule has 0 saturated carbocycles. The number of carbonyl (C=O) groups excluding carboxylic acids is 2. The van der Waals surface area contributed by atoms with Gasteiger partial charge in [-0.15, -0.1) is 11.3 Å². The summed E-state index contributed by atoms with van der Waals surface area (Å²) in [6.45, 7) is 0.214. The Morgan fingerprint density at radius 3 is 2.67 bits per heavy atom. The van der Waals surface area contributed by atoms with Crippen LogP contribution in [0.15, 0.2) is 11.4 Å². The maximum absolute atomic E-state index is 13.6. The quantitative estimate of drug-likeness (QED) is 0.731. The number of fused-ring (bicyclic) bond motifs is 1. The van der Waals surface area contributed by atoms with E-state index in [0.717, 1.165) is 17.4 Å². The second kappa shape index (κ2) is 9.04. The Kier molecular flexibility index (Phi) is 6.66. The summed E-state index contributed by atoms with van der Waals surface area (Å²) in [5, 5.41) is 12.4. The molecule has 8 nitrogen and oxygen atoms in total. The molecule has 0 unspecified atom stereocenters. The average Bonchev–Trinajstić information content (AvgIpc) is 3.14. The number of likely N-dealkylation sites (tertiary alicyclic amines) is 1. The van der Waals surface area contributed by atoms with E-state index in [0.29, 0.717) is 25.9 Å². The number of alkyl halides is 3. The van der Waals surface area contributed by atoms with E-state index in [4.69, 9.17) is 14.6 Å². The number of ether oxygens (including phenoxy) is 2. The number of nitrogens with zero attached hydrogens (tertiary/aromatic N) is 2. The van der Waals surface area contributed by atoms with Crippen LogP contribution in [0.3, 0.4) is 0 Å². The van der Waals surface area contributed by atoms with Gasteiger partial charge < -0.3 is 24.8 Å². The molecule has 2 aromatic rings. The third-order valence-corrected chi connectivity index (χ3v) is 5.58. The summed E-state index contributed by atoms with van der Waals surface area (Å²) < 4.78 is 51.1. The molecule has 164 valence electrons. The minimum Gasteiger partial charge on any atom is -0.474 e. The van der Waals surface area contributed by atoms with Crippen LogP contribution in [0, 0.1) is 0 Å². The van der Waals surface area contributed by atoms with Crippen molar-refractivity contribution in [2.24, 2.45) is 0 Å². The number of piperidine rings is 1. The first-order chi connectivity index (χ1) is 14.2. The maximum atomic E-state index is 13.6. The Hall–Kier alpha value is -2.60. The highest BCUT2D eigenvalue weighted by Crippen LogP contribution is 2.40. The molecule has 0 aromatic carbocycles. The van der Waals surface area contributed by atoms with Crippen molar-refractivity contribution in [2.75, 3.05) is 33.4 Å². The monoisotopic (exact) mass is 447 g/mol. The summed E-state index contributed by atoms with van der Waals surface area (Å²) in [5.74, 6) is -0.756. The zero-order valence-electron chi connectivity index (χ0n) is 16.0. The normalized spacial score (nSPS) is 15.3. The van der Waals surface area contributed by atoms with E-state index in [2.05, 4.69) is 10.3 Å². The number of hydrogen-bond donors (Lipinski definition) is 2. The van der Waals surface area contributed by atoms with E-state index >= 15 is 0 Å². The number of pyridine rings is 1. The number of nitrogens with one attached hydrogen (secondary N) is 1. The molecular formula is C18H20F3N3O5S. The zero-order chi connectivity index (χ0) is 21.9. The highest BCUT2D eigenvalue weighted by molar-refractivity contribution is 7.17. The van der Waals surface area contributed by atoms with Gasteiger partial charge in [0.15, 0.2) is 0 Å². The number of carbonyl (C=O) groups is 2. The summed E-state index contributed by atoms with van der Waals surface area (Å²) in [6.07, 6.45) is -4.89. The lowest BCUT2D eigenvalue weighted by molar-refractivity contribution is -0.136. The minimum absolute atomic E-state index is 0.0508. The van der Waals surface area contributed by atoms with Crippen LogP contribution in [0.2, 0.25) is 0 Å². The van der Waals surface area contributed by atoms with Crippen molar-refractivity contribution < 1.29 is 37.3 Å². The van der Waals surface area contributed by atoms with Crippen LogP contribution >= 0.6 is 11.3 Å². The number of aromatic nitrogens is 1. The molecule has 0 spiro atoms. The first-order valence-electron chi connectivity index (χ1n) is 9.15. The predicted molar refractivity (Wildman–Crippen MR) is 102 cm³/mol. The Morgan fingerprint density at radius 1 is 1.37 bits per heavy atom. The molecule has 3 rings (SSSR count). The van der Waals surface area contributed by atoms with Crippen LogP contribution in [-0.2, 0) is 10.9 Å². The lowest BCUT2D eigenvalue weighted by Gasteiger charge is -2.31. The summed E-state index contributed by atoms with van der Waals surface area (Å²) in [7, 11) is 1.39. The van der Waals surface area contributed by atoms with Crippen molar-refractivity contribution in [3.8, 4) is 5.88 Å². The fourth-order valence-electron chi connectivity index (χ4n) is 3.10. The molecule has 30 heavy (non-hydrogen) atoms. The average molecular weight is 447 g/mol. The van der Waals surface area contributed by atoms with E-state index in [1.165, 1.54) is 17.3 Å². The Balaban J connectivity index is 1.79. The van der Waals surface area contributed by atoms with E-state index in [-0.39, 0.29) is 34.9 Å². The standard InChI is InChI=1S/C18H20F3N3O5S/c1-22-16(26)11-9-30-15-12(18(19,20)21)8-13(23-14(11)15)29-10-2-4-24(5-3-10)17(27)28-7-6-25/h8-10,25H,2-7H2,1H3,(H,22,26). The molecule has 2 amide bonds. The van der Waals surface area contributed by atoms with Gasteiger partial charge in [-0.05, 0) is 0 Å². The van der Waals surface area contributed by atoms with Crippen molar-refractivity contribution >= 4 is 33.6 Å². The smallest absolute Gasteiger partial charge is 0.418 e. The number of aliphatic hydroxyl groups is 1. The fourth-order valence-corrected chi connectivity index (χ4v) is 4.13.